The van der Waals surface area contributed by atoms with Crippen molar-refractivity contribution in [2.24, 2.45) is 11.5 Å². The summed E-state index contributed by atoms with van der Waals surface area (Å²) in [5.74, 6) is -0.183. The molecule has 1 unspecified atom stereocenters. The Morgan fingerprint density at radius 3 is 2.48 bits per heavy atom. The molecule has 0 aliphatic carbocycles. The van der Waals surface area contributed by atoms with E-state index in [0.29, 0.717) is 13.1 Å². The van der Waals surface area contributed by atoms with Crippen molar-refractivity contribution in [3.05, 3.63) is 70.8 Å². The highest BCUT2D eigenvalue weighted by Gasteiger charge is 2.15. The average molecular weight is 283 g/mol. The highest BCUT2D eigenvalue weighted by molar-refractivity contribution is 5.82. The molecule has 0 spiro atoms. The average Bonchev–Trinajstić information content (AvgIpc) is 2.53. The molecule has 0 aliphatic heterocycles. The summed E-state index contributed by atoms with van der Waals surface area (Å²) in [6.45, 7) is 2.94. The van der Waals surface area contributed by atoms with Crippen molar-refractivity contribution in [3.8, 4) is 0 Å². The van der Waals surface area contributed by atoms with Crippen LogP contribution in [0.1, 0.15) is 28.3 Å². The predicted molar refractivity (Wildman–Crippen MR) is 84.3 cm³/mol. The Balaban J connectivity index is 1.96. The number of aryl methyl sites for hydroxylation is 1. The van der Waals surface area contributed by atoms with Gasteiger partial charge in [-0.3, -0.25) is 4.79 Å². The van der Waals surface area contributed by atoms with Gasteiger partial charge in [-0.25, -0.2) is 0 Å². The fraction of sp³-hybridized carbons (Fsp3) is 0.235. The van der Waals surface area contributed by atoms with Gasteiger partial charge in [0, 0.05) is 13.1 Å². The predicted octanol–water partition coefficient (Wildman–Crippen LogP) is 1.77. The molecule has 110 valence electrons. The molecule has 0 heterocycles. The van der Waals surface area contributed by atoms with Gasteiger partial charge in [0.05, 0.1) is 0 Å². The number of hydrogen-bond donors (Lipinski definition) is 3. The van der Waals surface area contributed by atoms with Crippen LogP contribution in [0.2, 0.25) is 0 Å². The number of nitrogens with one attached hydrogen (secondary N) is 1. The van der Waals surface area contributed by atoms with Crippen LogP contribution in [0, 0.1) is 6.92 Å². The van der Waals surface area contributed by atoms with Gasteiger partial charge < -0.3 is 16.8 Å². The summed E-state index contributed by atoms with van der Waals surface area (Å²) in [6.07, 6.45) is 0. The third kappa shape index (κ3) is 4.15. The van der Waals surface area contributed by atoms with E-state index in [9.17, 15) is 4.79 Å². The normalized spacial score (nSPS) is 12.0. The first-order chi connectivity index (χ1) is 10.1. The van der Waals surface area contributed by atoms with Crippen LogP contribution in [0.3, 0.4) is 0 Å². The number of carbonyl (C=O) groups is 1. The third-order valence-electron chi connectivity index (χ3n) is 3.41. The van der Waals surface area contributed by atoms with Crippen molar-refractivity contribution in [2.45, 2.75) is 26.1 Å². The van der Waals surface area contributed by atoms with Gasteiger partial charge in [-0.05, 0) is 23.6 Å². The smallest absolute Gasteiger partial charge is 0.241 e. The second-order valence-corrected chi connectivity index (χ2v) is 5.13. The Bertz CT molecular complexity index is 608. The van der Waals surface area contributed by atoms with E-state index >= 15 is 0 Å². The zero-order valence-electron chi connectivity index (χ0n) is 12.2. The van der Waals surface area contributed by atoms with E-state index in [0.717, 1.165) is 22.3 Å². The van der Waals surface area contributed by atoms with Crippen LogP contribution in [0.4, 0.5) is 0 Å². The summed E-state index contributed by atoms with van der Waals surface area (Å²) in [4.78, 5) is 12.1. The molecule has 4 nitrogen and oxygen atoms in total. The van der Waals surface area contributed by atoms with Crippen LogP contribution in [-0.4, -0.2) is 5.91 Å². The zero-order chi connectivity index (χ0) is 15.2. The van der Waals surface area contributed by atoms with Gasteiger partial charge in [0.25, 0.3) is 0 Å². The molecule has 21 heavy (non-hydrogen) atoms. The van der Waals surface area contributed by atoms with Gasteiger partial charge >= 0.3 is 0 Å². The van der Waals surface area contributed by atoms with E-state index in [1.165, 1.54) is 0 Å². The Morgan fingerprint density at radius 1 is 1.14 bits per heavy atom. The van der Waals surface area contributed by atoms with Crippen molar-refractivity contribution < 1.29 is 4.79 Å². The molecule has 1 atom stereocenters. The summed E-state index contributed by atoms with van der Waals surface area (Å²) < 4.78 is 0. The molecule has 0 radical (unpaired) electrons. The maximum Gasteiger partial charge on any atom is 0.241 e. The molecule has 5 N–H and O–H groups in total. The summed E-state index contributed by atoms with van der Waals surface area (Å²) >= 11 is 0. The van der Waals surface area contributed by atoms with Crippen LogP contribution in [0.25, 0.3) is 0 Å². The van der Waals surface area contributed by atoms with E-state index in [2.05, 4.69) is 5.32 Å². The van der Waals surface area contributed by atoms with E-state index in [1.807, 2.05) is 55.5 Å². The summed E-state index contributed by atoms with van der Waals surface area (Å²) in [5, 5.41) is 2.86. The van der Waals surface area contributed by atoms with Crippen molar-refractivity contribution >= 4 is 5.91 Å². The maximum atomic E-state index is 12.1. The summed E-state index contributed by atoms with van der Waals surface area (Å²) in [7, 11) is 0. The molecule has 2 aromatic carbocycles. The Labute approximate surface area is 125 Å². The van der Waals surface area contributed by atoms with Crippen LogP contribution in [-0.2, 0) is 17.9 Å². The van der Waals surface area contributed by atoms with Crippen LogP contribution in [0.15, 0.2) is 48.5 Å². The molecular weight excluding hydrogens is 262 g/mol. The minimum Gasteiger partial charge on any atom is -0.350 e. The lowest BCUT2D eigenvalue weighted by Crippen LogP contribution is -2.33. The largest absolute Gasteiger partial charge is 0.350 e. The molecule has 1 amide bonds. The lowest BCUT2D eigenvalue weighted by atomic mass is 10.1. The standard InChI is InChI=1S/C17H21N3O/c1-12-5-7-15(8-6-12)16(19)17(21)20-11-14-4-2-3-13(9-14)10-18/h2-9,16H,10-11,18-19H2,1H3,(H,20,21). The number of amides is 1. The minimum atomic E-state index is -0.650. The first-order valence-corrected chi connectivity index (χ1v) is 6.98. The van der Waals surface area contributed by atoms with E-state index in [4.69, 9.17) is 11.5 Å². The first-order valence-electron chi connectivity index (χ1n) is 6.98. The molecular formula is C17H21N3O. The molecule has 4 heteroatoms. The number of carbonyl (C=O) groups excluding carboxylic acids is 1. The fourth-order valence-electron chi connectivity index (χ4n) is 2.09. The molecule has 0 aromatic heterocycles. The Morgan fingerprint density at radius 2 is 1.81 bits per heavy atom. The lowest BCUT2D eigenvalue weighted by Gasteiger charge is -2.13. The van der Waals surface area contributed by atoms with Gasteiger partial charge in [0.1, 0.15) is 6.04 Å². The topological polar surface area (TPSA) is 81.1 Å². The van der Waals surface area contributed by atoms with Crippen molar-refractivity contribution in [1.82, 2.24) is 5.32 Å². The third-order valence-corrected chi connectivity index (χ3v) is 3.41. The molecule has 0 fully saturated rings. The number of benzene rings is 2. The molecule has 2 rings (SSSR count). The SMILES string of the molecule is Cc1ccc(C(N)C(=O)NCc2cccc(CN)c2)cc1. The van der Waals surface area contributed by atoms with Crippen LogP contribution in [0.5, 0.6) is 0 Å². The second-order valence-electron chi connectivity index (χ2n) is 5.13. The molecule has 0 aliphatic rings. The zero-order valence-corrected chi connectivity index (χ0v) is 12.2. The Hall–Kier alpha value is -2.17. The second kappa shape index (κ2) is 7.02. The minimum absolute atomic E-state index is 0.183. The first kappa shape index (κ1) is 15.2. The molecule has 0 bridgehead atoms. The molecule has 0 saturated carbocycles. The van der Waals surface area contributed by atoms with E-state index in [1.54, 1.807) is 0 Å². The Kier molecular flexibility index (Phi) is 5.09. The van der Waals surface area contributed by atoms with Gasteiger partial charge in [0.2, 0.25) is 5.91 Å². The van der Waals surface area contributed by atoms with Gasteiger partial charge in [-0.1, -0.05) is 54.1 Å². The number of nitrogens with two attached hydrogens (primary N) is 2. The quantitative estimate of drug-likeness (QED) is 0.782. The van der Waals surface area contributed by atoms with Crippen LogP contribution >= 0.6 is 0 Å². The maximum absolute atomic E-state index is 12.1. The molecule has 0 saturated heterocycles. The summed E-state index contributed by atoms with van der Waals surface area (Å²) in [6, 6.07) is 14.9. The fourth-order valence-corrected chi connectivity index (χ4v) is 2.09. The summed E-state index contributed by atoms with van der Waals surface area (Å²) in [5.41, 5.74) is 15.6. The highest BCUT2D eigenvalue weighted by atomic mass is 16.2. The number of hydrogen-bond acceptors (Lipinski definition) is 3. The van der Waals surface area contributed by atoms with E-state index in [-0.39, 0.29) is 5.91 Å². The monoisotopic (exact) mass is 283 g/mol. The van der Waals surface area contributed by atoms with Crippen LogP contribution < -0.4 is 16.8 Å². The van der Waals surface area contributed by atoms with Crippen molar-refractivity contribution in [3.63, 3.8) is 0 Å². The highest BCUT2D eigenvalue weighted by Crippen LogP contribution is 2.12. The lowest BCUT2D eigenvalue weighted by molar-refractivity contribution is -0.122. The van der Waals surface area contributed by atoms with Gasteiger partial charge in [0.15, 0.2) is 0 Å². The van der Waals surface area contributed by atoms with Gasteiger partial charge in [-0.15, -0.1) is 0 Å². The van der Waals surface area contributed by atoms with E-state index < -0.39 is 6.04 Å². The van der Waals surface area contributed by atoms with Crippen molar-refractivity contribution in [2.75, 3.05) is 0 Å². The van der Waals surface area contributed by atoms with Gasteiger partial charge in [-0.2, -0.15) is 0 Å². The molecule has 2 aromatic rings. The van der Waals surface area contributed by atoms with Crippen molar-refractivity contribution in [1.29, 1.82) is 0 Å². The number of rotatable bonds is 5.